The fourth-order valence-electron chi connectivity index (χ4n) is 10.7. The number of carbonyl (C=O) groups is 1. The first-order valence-corrected chi connectivity index (χ1v) is 16.0. The predicted octanol–water partition coefficient (Wildman–Crippen LogP) is 6.04. The maximum absolute atomic E-state index is 14.1. The summed E-state index contributed by atoms with van der Waals surface area (Å²) < 4.78 is 0. The maximum atomic E-state index is 14.1. The van der Waals surface area contributed by atoms with Crippen molar-refractivity contribution in [3.05, 3.63) is 29.3 Å². The number of fused-ring (bicyclic) bond motifs is 2. The maximum Gasteiger partial charge on any atom is 0.320 e. The minimum Gasteiger partial charge on any atom is -0.508 e. The number of benzene rings is 1. The van der Waals surface area contributed by atoms with Crippen molar-refractivity contribution in [1.82, 2.24) is 14.7 Å². The van der Waals surface area contributed by atoms with Gasteiger partial charge in [-0.1, -0.05) is 39.2 Å². The van der Waals surface area contributed by atoms with E-state index in [2.05, 4.69) is 47.6 Å². The van der Waals surface area contributed by atoms with Crippen LogP contribution in [0.2, 0.25) is 0 Å². The summed E-state index contributed by atoms with van der Waals surface area (Å²) in [6, 6.07) is 7.45. The Morgan fingerprint density at radius 2 is 1.87 bits per heavy atom. The van der Waals surface area contributed by atoms with E-state index in [1.807, 2.05) is 6.07 Å². The van der Waals surface area contributed by atoms with Crippen molar-refractivity contribution in [3.8, 4) is 5.75 Å². The third-order valence-corrected chi connectivity index (χ3v) is 12.4. The molecule has 5 nitrogen and oxygen atoms in total. The number of hydrogen-bond acceptors (Lipinski definition) is 3. The zero-order chi connectivity index (χ0) is 26.2. The van der Waals surface area contributed by atoms with E-state index in [-0.39, 0.29) is 10.8 Å². The fourth-order valence-corrected chi connectivity index (χ4v) is 10.7. The van der Waals surface area contributed by atoms with E-state index >= 15 is 0 Å². The van der Waals surface area contributed by atoms with Gasteiger partial charge in [-0.25, -0.2) is 4.79 Å². The quantitative estimate of drug-likeness (QED) is 0.528. The second-order valence-electron chi connectivity index (χ2n) is 14.3. The lowest BCUT2D eigenvalue weighted by atomic mass is 9.50. The largest absolute Gasteiger partial charge is 0.508 e. The van der Waals surface area contributed by atoms with Crippen LogP contribution in [-0.2, 0) is 11.8 Å². The summed E-state index contributed by atoms with van der Waals surface area (Å²) in [5.74, 6) is 2.92. The van der Waals surface area contributed by atoms with E-state index in [0.29, 0.717) is 41.6 Å². The number of rotatable bonds is 4. The van der Waals surface area contributed by atoms with Gasteiger partial charge in [0.1, 0.15) is 5.75 Å². The van der Waals surface area contributed by atoms with Gasteiger partial charge in [-0.3, -0.25) is 4.90 Å². The Labute approximate surface area is 229 Å². The lowest BCUT2D eigenvalue weighted by molar-refractivity contribution is -0.0776. The number of likely N-dealkylation sites (tertiary alicyclic amines) is 3. The summed E-state index contributed by atoms with van der Waals surface area (Å²) in [5, 5.41) is 10.8. The Morgan fingerprint density at radius 1 is 1.11 bits per heavy atom. The molecular weight excluding hydrogens is 470 g/mol. The van der Waals surface area contributed by atoms with Crippen LogP contribution in [0.5, 0.6) is 5.75 Å². The number of phenols is 1. The molecule has 5 fully saturated rings. The van der Waals surface area contributed by atoms with Crippen molar-refractivity contribution >= 4 is 6.03 Å². The second-order valence-corrected chi connectivity index (χ2v) is 14.3. The van der Waals surface area contributed by atoms with Crippen LogP contribution in [0.25, 0.3) is 0 Å². The molecule has 3 saturated heterocycles. The van der Waals surface area contributed by atoms with E-state index in [1.54, 1.807) is 0 Å². The first-order valence-electron chi connectivity index (χ1n) is 16.0. The fraction of sp³-hybridized carbons (Fsp3) is 0.788. The third-order valence-electron chi connectivity index (χ3n) is 12.4. The van der Waals surface area contributed by atoms with Gasteiger partial charge in [-0.15, -0.1) is 0 Å². The topological polar surface area (TPSA) is 47.0 Å². The van der Waals surface area contributed by atoms with Gasteiger partial charge in [0.15, 0.2) is 0 Å². The number of urea groups is 1. The highest BCUT2D eigenvalue weighted by Crippen LogP contribution is 2.73. The van der Waals surface area contributed by atoms with E-state index in [4.69, 9.17) is 0 Å². The molecule has 7 atom stereocenters. The zero-order valence-electron chi connectivity index (χ0n) is 24.0. The Morgan fingerprint density at radius 3 is 2.58 bits per heavy atom. The zero-order valence-corrected chi connectivity index (χ0v) is 24.0. The van der Waals surface area contributed by atoms with E-state index in [1.165, 1.54) is 56.3 Å². The van der Waals surface area contributed by atoms with E-state index in [0.717, 1.165) is 57.7 Å². The standard InChI is InChI=1S/C33H49N3O2/c1-4-9-29-30-25(20-36(29)31(38)34-14-7-5-6-8-15-34)18-32(3)22(2)35(19-23-10-11-23)21-26-16-24-12-13-27(37)17-28(24)33(26,30)32/h12-13,17,22-23,25-26,29-30,37H,4-11,14-16,18-21H2,1-3H3/t22?,25-,26?,29?,30?,32?,33?/m1/s1. The Hall–Kier alpha value is -1.75. The van der Waals surface area contributed by atoms with Crippen LogP contribution in [0.4, 0.5) is 4.79 Å². The molecule has 3 aliphatic heterocycles. The molecule has 2 saturated carbocycles. The van der Waals surface area contributed by atoms with Crippen molar-refractivity contribution in [2.45, 2.75) is 102 Å². The summed E-state index contributed by atoms with van der Waals surface area (Å²) in [4.78, 5) is 21.6. The summed E-state index contributed by atoms with van der Waals surface area (Å²) in [6.45, 7) is 12.7. The van der Waals surface area contributed by atoms with Gasteiger partial charge in [0.25, 0.3) is 0 Å². The van der Waals surface area contributed by atoms with Crippen LogP contribution in [0, 0.1) is 29.1 Å². The van der Waals surface area contributed by atoms with E-state index < -0.39 is 0 Å². The van der Waals surface area contributed by atoms with Gasteiger partial charge < -0.3 is 14.9 Å². The van der Waals surface area contributed by atoms with Gasteiger partial charge >= 0.3 is 6.03 Å². The van der Waals surface area contributed by atoms with Crippen molar-refractivity contribution in [3.63, 3.8) is 0 Å². The Kier molecular flexibility index (Phi) is 6.07. The first kappa shape index (κ1) is 25.2. The summed E-state index contributed by atoms with van der Waals surface area (Å²) >= 11 is 0. The molecule has 208 valence electrons. The molecule has 3 heterocycles. The summed E-state index contributed by atoms with van der Waals surface area (Å²) in [7, 11) is 0. The number of carbonyl (C=O) groups excluding carboxylic acids is 1. The molecule has 38 heavy (non-hydrogen) atoms. The third kappa shape index (κ3) is 3.48. The van der Waals surface area contributed by atoms with Crippen molar-refractivity contribution < 1.29 is 9.90 Å². The molecule has 6 unspecified atom stereocenters. The number of amides is 2. The Bertz CT molecular complexity index is 1080. The average molecular weight is 520 g/mol. The first-order chi connectivity index (χ1) is 18.4. The number of piperidine rings is 1. The number of nitrogens with zero attached hydrogens (tertiary/aromatic N) is 3. The summed E-state index contributed by atoms with van der Waals surface area (Å²) in [5.41, 5.74) is 3.11. The lowest BCUT2D eigenvalue weighted by Gasteiger charge is -2.61. The average Bonchev–Trinajstić information content (AvgIpc) is 3.58. The van der Waals surface area contributed by atoms with Crippen LogP contribution in [0.15, 0.2) is 18.2 Å². The van der Waals surface area contributed by atoms with Crippen LogP contribution < -0.4 is 0 Å². The van der Waals surface area contributed by atoms with Crippen LogP contribution >= 0.6 is 0 Å². The van der Waals surface area contributed by atoms with Gasteiger partial charge in [-0.2, -0.15) is 0 Å². The van der Waals surface area contributed by atoms with Gasteiger partial charge in [0.05, 0.1) is 0 Å². The lowest BCUT2D eigenvalue weighted by Crippen LogP contribution is -2.66. The number of aromatic hydroxyl groups is 1. The number of phenolic OH excluding ortho intramolecular Hbond substituents is 1. The second kappa shape index (κ2) is 9.14. The molecule has 1 aromatic carbocycles. The van der Waals surface area contributed by atoms with Gasteiger partial charge in [-0.05, 0) is 104 Å². The highest BCUT2D eigenvalue weighted by Gasteiger charge is 2.75. The van der Waals surface area contributed by atoms with Crippen LogP contribution in [0.3, 0.4) is 0 Å². The van der Waals surface area contributed by atoms with Crippen molar-refractivity contribution in [2.75, 3.05) is 32.7 Å². The monoisotopic (exact) mass is 519 g/mol. The van der Waals surface area contributed by atoms with Gasteiger partial charge in [0.2, 0.25) is 0 Å². The SMILES string of the molecule is CCCC1C2[C@@H](CN1C(=O)N1CCCCCC1)CC1(C)C(C)N(CC3CC3)CC3Cc4ccc(O)cc4C321. The summed E-state index contributed by atoms with van der Waals surface area (Å²) in [6.07, 6.45) is 12.2. The Balaban J connectivity index is 1.32. The highest BCUT2D eigenvalue weighted by molar-refractivity contribution is 5.75. The molecule has 7 rings (SSSR count). The molecule has 1 spiro atoms. The highest BCUT2D eigenvalue weighted by atomic mass is 16.3. The molecule has 0 aromatic heterocycles. The smallest absolute Gasteiger partial charge is 0.320 e. The molecule has 6 aliphatic rings. The van der Waals surface area contributed by atoms with Crippen molar-refractivity contribution in [2.24, 2.45) is 29.1 Å². The normalized spacial score (nSPS) is 40.4. The van der Waals surface area contributed by atoms with Crippen LogP contribution in [-0.4, -0.2) is 70.6 Å². The molecule has 5 heteroatoms. The van der Waals surface area contributed by atoms with E-state index in [9.17, 15) is 9.90 Å². The minimum atomic E-state index is 0.0405. The molecular formula is C33H49N3O2. The molecule has 3 aliphatic carbocycles. The predicted molar refractivity (Wildman–Crippen MR) is 151 cm³/mol. The van der Waals surface area contributed by atoms with Gasteiger partial charge in [0, 0.05) is 50.2 Å². The molecule has 0 radical (unpaired) electrons. The molecule has 0 bridgehead atoms. The minimum absolute atomic E-state index is 0.0405. The molecule has 2 amide bonds. The molecule has 1 N–H and O–H groups in total. The van der Waals surface area contributed by atoms with Crippen molar-refractivity contribution in [1.29, 1.82) is 0 Å². The van der Waals surface area contributed by atoms with Crippen LogP contribution in [0.1, 0.15) is 89.7 Å². The molecule has 1 aromatic rings. The number of hydrogen-bond donors (Lipinski definition) is 1.